The number of hydrogen-bond donors (Lipinski definition) is 0. The first-order valence-electron chi connectivity index (χ1n) is 13.9. The summed E-state index contributed by atoms with van der Waals surface area (Å²) in [5, 5.41) is 0. The van der Waals surface area contributed by atoms with Gasteiger partial charge in [-0.3, -0.25) is 9.69 Å². The first-order valence-corrected chi connectivity index (χ1v) is 13.9. The molecule has 0 saturated carbocycles. The molecule has 1 aliphatic carbocycles. The number of esters is 2. The zero-order valence-electron chi connectivity index (χ0n) is 24.5. The molecule has 2 aromatic carbocycles. The number of carbonyl (C=O) groups is 2. The standard InChI is InChI=1S/C34H44NO4/c1-25(2)35(26(3)4)22-20-30(27-15-10-8-11-16-27)29-19-14-21-34(23-29,39-32(37)33(5,6)7)24-38-31(36)28-17-12-9-13-18-28/h8-19,21,23,25-26,30H,20,22,24H2,1-7H3. The SMILES string of the molecule is CC(C)N(CCC(C1=CC(COC(=O)c2ccccc2)(OC(=O)C(C)(C)C)C=C[CH]1)c1ccccc1)C(C)C. The number of carbonyl (C=O) groups excluding carboxylic acids is 2. The smallest absolute Gasteiger partial charge is 0.338 e. The van der Waals surface area contributed by atoms with Crippen LogP contribution < -0.4 is 0 Å². The summed E-state index contributed by atoms with van der Waals surface area (Å²) in [6.07, 6.45) is 8.68. The van der Waals surface area contributed by atoms with E-state index in [1.807, 2.05) is 51.1 Å². The van der Waals surface area contributed by atoms with Crippen molar-refractivity contribution < 1.29 is 19.1 Å². The number of rotatable bonds is 11. The molecule has 2 unspecified atom stereocenters. The number of hydrogen-bond acceptors (Lipinski definition) is 5. The number of ether oxygens (including phenoxy) is 2. The Morgan fingerprint density at radius 3 is 2.05 bits per heavy atom. The number of benzene rings is 2. The fraction of sp³-hybridized carbons (Fsp3) is 0.441. The molecule has 2 aromatic rings. The topological polar surface area (TPSA) is 55.8 Å². The lowest BCUT2D eigenvalue weighted by atomic mass is 9.80. The Labute approximate surface area is 234 Å². The van der Waals surface area contributed by atoms with Crippen LogP contribution in [0.3, 0.4) is 0 Å². The van der Waals surface area contributed by atoms with Crippen molar-refractivity contribution in [2.24, 2.45) is 5.41 Å². The summed E-state index contributed by atoms with van der Waals surface area (Å²) in [4.78, 5) is 28.4. The van der Waals surface area contributed by atoms with Crippen molar-refractivity contribution in [1.82, 2.24) is 4.90 Å². The monoisotopic (exact) mass is 530 g/mol. The molecule has 0 saturated heterocycles. The highest BCUT2D eigenvalue weighted by Gasteiger charge is 2.38. The first-order chi connectivity index (χ1) is 18.4. The summed E-state index contributed by atoms with van der Waals surface area (Å²) in [6.45, 7) is 15.2. The molecule has 2 atom stereocenters. The molecule has 0 aromatic heterocycles. The van der Waals surface area contributed by atoms with E-state index in [1.165, 1.54) is 5.56 Å². The van der Waals surface area contributed by atoms with E-state index in [1.54, 1.807) is 24.3 Å². The Morgan fingerprint density at radius 1 is 0.897 bits per heavy atom. The van der Waals surface area contributed by atoms with Gasteiger partial charge >= 0.3 is 11.9 Å². The minimum Gasteiger partial charge on any atom is -0.457 e. The van der Waals surface area contributed by atoms with Gasteiger partial charge in [0.05, 0.1) is 11.0 Å². The fourth-order valence-corrected chi connectivity index (χ4v) is 4.86. The molecule has 1 aliphatic rings. The van der Waals surface area contributed by atoms with Crippen LogP contribution >= 0.6 is 0 Å². The van der Waals surface area contributed by atoms with Gasteiger partial charge in [0.25, 0.3) is 0 Å². The molecule has 0 aliphatic heterocycles. The van der Waals surface area contributed by atoms with Gasteiger partial charge in [-0.1, -0.05) is 60.2 Å². The highest BCUT2D eigenvalue weighted by atomic mass is 16.6. The van der Waals surface area contributed by atoms with Crippen LogP contribution in [0.25, 0.3) is 0 Å². The molecule has 209 valence electrons. The molecule has 3 rings (SSSR count). The average Bonchev–Trinajstić information content (AvgIpc) is 2.90. The van der Waals surface area contributed by atoms with Gasteiger partial charge in [0.15, 0.2) is 5.60 Å². The normalized spacial score (nSPS) is 18.3. The molecular weight excluding hydrogens is 486 g/mol. The van der Waals surface area contributed by atoms with Gasteiger partial charge < -0.3 is 9.47 Å². The van der Waals surface area contributed by atoms with Gasteiger partial charge in [-0.25, -0.2) is 4.79 Å². The third kappa shape index (κ3) is 8.40. The van der Waals surface area contributed by atoms with Crippen LogP contribution in [-0.2, 0) is 14.3 Å². The van der Waals surface area contributed by atoms with E-state index in [2.05, 4.69) is 63.3 Å². The van der Waals surface area contributed by atoms with E-state index in [0.717, 1.165) is 18.5 Å². The molecule has 0 N–H and O–H groups in total. The van der Waals surface area contributed by atoms with E-state index in [-0.39, 0.29) is 18.5 Å². The first kappa shape index (κ1) is 30.4. The van der Waals surface area contributed by atoms with Gasteiger partial charge in [0.2, 0.25) is 0 Å². The molecule has 0 bridgehead atoms. The summed E-state index contributed by atoms with van der Waals surface area (Å²) in [5.41, 5.74) is 0.762. The van der Waals surface area contributed by atoms with Gasteiger partial charge in [-0.15, -0.1) is 0 Å². The Hall–Kier alpha value is -3.18. The molecule has 5 nitrogen and oxygen atoms in total. The summed E-state index contributed by atoms with van der Waals surface area (Å²) in [6, 6.07) is 20.1. The molecular formula is C34H44NO4. The predicted molar refractivity (Wildman–Crippen MR) is 157 cm³/mol. The van der Waals surface area contributed by atoms with Crippen LogP contribution in [0.2, 0.25) is 0 Å². The maximum absolute atomic E-state index is 13.1. The molecule has 0 amide bonds. The van der Waals surface area contributed by atoms with E-state index in [4.69, 9.17) is 9.47 Å². The largest absolute Gasteiger partial charge is 0.457 e. The van der Waals surface area contributed by atoms with Crippen molar-refractivity contribution >= 4 is 11.9 Å². The maximum Gasteiger partial charge on any atom is 0.338 e. The second kappa shape index (κ2) is 13.3. The molecule has 0 fully saturated rings. The Bertz CT molecular complexity index is 1140. The van der Waals surface area contributed by atoms with Crippen molar-refractivity contribution in [1.29, 1.82) is 0 Å². The third-order valence-corrected chi connectivity index (χ3v) is 7.02. The average molecular weight is 531 g/mol. The van der Waals surface area contributed by atoms with Crippen molar-refractivity contribution in [3.05, 3.63) is 102 Å². The van der Waals surface area contributed by atoms with Crippen LogP contribution in [0.4, 0.5) is 0 Å². The minimum atomic E-state index is -1.21. The molecule has 1 radical (unpaired) electrons. The van der Waals surface area contributed by atoms with Gasteiger partial charge in [-0.05, 0) is 91.3 Å². The molecule has 0 spiro atoms. The molecule has 39 heavy (non-hydrogen) atoms. The van der Waals surface area contributed by atoms with Crippen molar-refractivity contribution in [2.75, 3.05) is 13.2 Å². The second-order valence-corrected chi connectivity index (χ2v) is 11.9. The quantitative estimate of drug-likeness (QED) is 0.288. The lowest BCUT2D eigenvalue weighted by molar-refractivity contribution is -0.164. The maximum atomic E-state index is 13.1. The summed E-state index contributed by atoms with van der Waals surface area (Å²) in [5.74, 6) is -0.736. The Morgan fingerprint density at radius 2 is 1.49 bits per heavy atom. The van der Waals surface area contributed by atoms with Gasteiger partial charge in [0, 0.05) is 24.4 Å². The third-order valence-electron chi connectivity index (χ3n) is 7.02. The molecule has 0 heterocycles. The fourth-order valence-electron chi connectivity index (χ4n) is 4.86. The van der Waals surface area contributed by atoms with Crippen LogP contribution in [0.1, 0.15) is 76.7 Å². The van der Waals surface area contributed by atoms with Crippen LogP contribution in [0.5, 0.6) is 0 Å². The minimum absolute atomic E-state index is 0.0775. The van der Waals surface area contributed by atoms with Gasteiger partial charge in [-0.2, -0.15) is 0 Å². The summed E-state index contributed by atoms with van der Waals surface area (Å²) < 4.78 is 11.9. The second-order valence-electron chi connectivity index (χ2n) is 11.9. The summed E-state index contributed by atoms with van der Waals surface area (Å²) >= 11 is 0. The van der Waals surface area contributed by atoms with Crippen molar-refractivity contribution in [3.63, 3.8) is 0 Å². The van der Waals surface area contributed by atoms with Crippen molar-refractivity contribution in [3.8, 4) is 0 Å². The van der Waals surface area contributed by atoms with E-state index in [0.29, 0.717) is 17.6 Å². The zero-order chi connectivity index (χ0) is 28.6. The highest BCUT2D eigenvalue weighted by Crippen LogP contribution is 2.37. The number of allylic oxidation sites excluding steroid dienone is 2. The van der Waals surface area contributed by atoms with Crippen LogP contribution in [-0.4, -0.2) is 47.7 Å². The van der Waals surface area contributed by atoms with E-state index >= 15 is 0 Å². The van der Waals surface area contributed by atoms with Gasteiger partial charge in [0.1, 0.15) is 6.61 Å². The summed E-state index contributed by atoms with van der Waals surface area (Å²) in [7, 11) is 0. The highest BCUT2D eigenvalue weighted by molar-refractivity contribution is 5.89. The van der Waals surface area contributed by atoms with E-state index < -0.39 is 17.0 Å². The van der Waals surface area contributed by atoms with E-state index in [9.17, 15) is 9.59 Å². The Kier molecular flexibility index (Phi) is 10.3. The predicted octanol–water partition coefficient (Wildman–Crippen LogP) is 7.16. The Balaban J connectivity index is 1.97. The lowest BCUT2D eigenvalue weighted by Gasteiger charge is -2.36. The zero-order valence-corrected chi connectivity index (χ0v) is 24.5. The number of nitrogens with zero attached hydrogens (tertiary/aromatic N) is 1. The lowest BCUT2D eigenvalue weighted by Crippen LogP contribution is -2.42. The molecule has 5 heteroatoms. The van der Waals surface area contributed by atoms with Crippen molar-refractivity contribution in [2.45, 2.75) is 78.5 Å². The van der Waals surface area contributed by atoms with Crippen LogP contribution in [0, 0.1) is 11.8 Å². The van der Waals surface area contributed by atoms with Crippen LogP contribution in [0.15, 0.2) is 84.5 Å².